The van der Waals surface area contributed by atoms with Gasteiger partial charge < -0.3 is 9.84 Å². The van der Waals surface area contributed by atoms with Gasteiger partial charge in [-0.05, 0) is 13.3 Å². The van der Waals surface area contributed by atoms with Crippen LogP contribution >= 0.6 is 0 Å². The van der Waals surface area contributed by atoms with Gasteiger partial charge in [-0.15, -0.1) is 0 Å². The second kappa shape index (κ2) is 7.79. The van der Waals surface area contributed by atoms with E-state index in [1.807, 2.05) is 6.92 Å². The van der Waals surface area contributed by atoms with Crippen LogP contribution < -0.4 is 5.32 Å². The lowest BCUT2D eigenvalue weighted by Gasteiger charge is -2.27. The Morgan fingerprint density at radius 1 is 1.40 bits per heavy atom. The number of Topliss-reactive ketones (excluding diaryl/α,β-unsaturated/α-hetero) is 1. The first-order chi connectivity index (χ1) is 7.08. The van der Waals surface area contributed by atoms with E-state index in [1.165, 1.54) is 0 Å². The van der Waals surface area contributed by atoms with Crippen LogP contribution in [-0.2, 0) is 9.53 Å². The van der Waals surface area contributed by atoms with E-state index in [2.05, 4.69) is 5.32 Å². The van der Waals surface area contributed by atoms with Crippen molar-refractivity contribution in [2.24, 2.45) is 0 Å². The zero-order valence-electron chi connectivity index (χ0n) is 10.0. The van der Waals surface area contributed by atoms with Crippen molar-refractivity contribution in [1.82, 2.24) is 5.32 Å². The highest BCUT2D eigenvalue weighted by Crippen LogP contribution is 2.07. The zero-order valence-corrected chi connectivity index (χ0v) is 10.0. The summed E-state index contributed by atoms with van der Waals surface area (Å²) in [4.78, 5) is 11.3. The monoisotopic (exact) mass is 217 g/mol. The standard InChI is InChI=1S/C11H23NO3/c1-4-7-8-10(13)9-12-11(14,5-2)15-6-3/h12,14H,4-9H2,1-3H3/t11-/m1/s1. The Morgan fingerprint density at radius 3 is 2.53 bits per heavy atom. The number of rotatable bonds is 9. The van der Waals surface area contributed by atoms with Crippen LogP contribution in [0.15, 0.2) is 0 Å². The molecule has 0 amide bonds. The largest absolute Gasteiger partial charge is 0.353 e. The molecule has 0 unspecified atom stereocenters. The Hall–Kier alpha value is -0.450. The van der Waals surface area contributed by atoms with Crippen LogP contribution in [0.1, 0.15) is 46.5 Å². The summed E-state index contributed by atoms with van der Waals surface area (Å²) in [6, 6.07) is 0. The van der Waals surface area contributed by atoms with Gasteiger partial charge >= 0.3 is 0 Å². The molecule has 0 spiro atoms. The zero-order chi connectivity index (χ0) is 11.7. The summed E-state index contributed by atoms with van der Waals surface area (Å²) in [5.41, 5.74) is 0. The molecular formula is C11H23NO3. The molecule has 0 heterocycles. The van der Waals surface area contributed by atoms with Gasteiger partial charge in [0, 0.05) is 19.4 Å². The number of ketones is 1. The van der Waals surface area contributed by atoms with Gasteiger partial charge in [-0.3, -0.25) is 10.1 Å². The van der Waals surface area contributed by atoms with Gasteiger partial charge in [0.05, 0.1) is 6.54 Å². The van der Waals surface area contributed by atoms with E-state index >= 15 is 0 Å². The van der Waals surface area contributed by atoms with E-state index in [4.69, 9.17) is 4.74 Å². The van der Waals surface area contributed by atoms with E-state index in [-0.39, 0.29) is 12.3 Å². The van der Waals surface area contributed by atoms with Crippen molar-refractivity contribution in [2.45, 2.75) is 52.4 Å². The average molecular weight is 217 g/mol. The first-order valence-corrected chi connectivity index (χ1v) is 5.71. The fourth-order valence-corrected chi connectivity index (χ4v) is 1.22. The van der Waals surface area contributed by atoms with Gasteiger partial charge in [0.1, 0.15) is 5.78 Å². The van der Waals surface area contributed by atoms with Crippen LogP contribution in [0, 0.1) is 0 Å². The summed E-state index contributed by atoms with van der Waals surface area (Å²) in [5.74, 6) is -1.24. The van der Waals surface area contributed by atoms with Gasteiger partial charge in [0.2, 0.25) is 5.91 Å². The van der Waals surface area contributed by atoms with Crippen molar-refractivity contribution in [2.75, 3.05) is 13.2 Å². The third-order valence-electron chi connectivity index (χ3n) is 2.23. The molecule has 0 aromatic carbocycles. The van der Waals surface area contributed by atoms with Crippen LogP contribution in [0.5, 0.6) is 0 Å². The molecule has 0 fully saturated rings. The van der Waals surface area contributed by atoms with Gasteiger partial charge in [-0.25, -0.2) is 0 Å². The number of ether oxygens (including phenoxy) is 1. The van der Waals surface area contributed by atoms with E-state index in [0.717, 1.165) is 12.8 Å². The fraction of sp³-hybridized carbons (Fsp3) is 0.909. The predicted molar refractivity (Wildman–Crippen MR) is 59.4 cm³/mol. The van der Waals surface area contributed by atoms with Gasteiger partial charge in [-0.2, -0.15) is 0 Å². The number of hydrogen-bond donors (Lipinski definition) is 2. The summed E-state index contributed by atoms with van der Waals surface area (Å²) in [6.07, 6.45) is 2.90. The van der Waals surface area contributed by atoms with Crippen molar-refractivity contribution < 1.29 is 14.6 Å². The second-order valence-electron chi connectivity index (χ2n) is 3.57. The van der Waals surface area contributed by atoms with Gasteiger partial charge in [0.15, 0.2) is 0 Å². The highest BCUT2D eigenvalue weighted by Gasteiger charge is 2.24. The van der Waals surface area contributed by atoms with Crippen LogP contribution in [0.4, 0.5) is 0 Å². The quantitative estimate of drug-likeness (QED) is 0.574. The number of aliphatic hydroxyl groups is 1. The number of carbonyl (C=O) groups excluding carboxylic acids is 1. The van der Waals surface area contributed by atoms with Gasteiger partial charge in [0.25, 0.3) is 0 Å². The Morgan fingerprint density at radius 2 is 2.07 bits per heavy atom. The van der Waals surface area contributed by atoms with E-state index < -0.39 is 5.91 Å². The molecule has 4 heteroatoms. The molecule has 0 aliphatic carbocycles. The summed E-state index contributed by atoms with van der Waals surface area (Å²) in [6.45, 7) is 6.24. The topological polar surface area (TPSA) is 58.6 Å². The molecule has 0 radical (unpaired) electrons. The minimum absolute atomic E-state index is 0.114. The molecule has 0 aromatic rings. The lowest BCUT2D eigenvalue weighted by Crippen LogP contribution is -2.49. The lowest BCUT2D eigenvalue weighted by molar-refractivity contribution is -0.223. The molecule has 0 saturated carbocycles. The Labute approximate surface area is 92.0 Å². The Balaban J connectivity index is 3.84. The summed E-state index contributed by atoms with van der Waals surface area (Å²) in [7, 11) is 0. The highest BCUT2D eigenvalue weighted by atomic mass is 16.6. The smallest absolute Gasteiger partial charge is 0.224 e. The SMILES string of the molecule is CCCCC(=O)CN[C@@](O)(CC)OCC. The van der Waals surface area contributed by atoms with E-state index in [1.54, 1.807) is 13.8 Å². The predicted octanol–water partition coefficient (Wildman–Crippen LogP) is 1.43. The van der Waals surface area contributed by atoms with Crippen molar-refractivity contribution in [3.8, 4) is 0 Å². The van der Waals surface area contributed by atoms with Crippen LogP contribution in [0.25, 0.3) is 0 Å². The average Bonchev–Trinajstić information content (AvgIpc) is 2.24. The van der Waals surface area contributed by atoms with Crippen LogP contribution in [-0.4, -0.2) is 30.0 Å². The molecule has 0 saturated heterocycles. The number of nitrogens with one attached hydrogen (secondary N) is 1. The summed E-state index contributed by atoms with van der Waals surface area (Å²) in [5, 5.41) is 12.5. The Bertz CT molecular complexity index is 185. The van der Waals surface area contributed by atoms with Crippen molar-refractivity contribution in [3.63, 3.8) is 0 Å². The molecule has 1 atom stereocenters. The van der Waals surface area contributed by atoms with E-state index in [9.17, 15) is 9.90 Å². The first-order valence-electron chi connectivity index (χ1n) is 5.71. The van der Waals surface area contributed by atoms with Crippen LogP contribution in [0.3, 0.4) is 0 Å². The molecule has 2 N–H and O–H groups in total. The first kappa shape index (κ1) is 14.6. The molecule has 0 aromatic heterocycles. The molecule has 0 bridgehead atoms. The van der Waals surface area contributed by atoms with Crippen molar-refractivity contribution in [3.05, 3.63) is 0 Å². The minimum atomic E-state index is -1.35. The molecular weight excluding hydrogens is 194 g/mol. The lowest BCUT2D eigenvalue weighted by atomic mass is 10.2. The normalized spacial score (nSPS) is 14.9. The highest BCUT2D eigenvalue weighted by molar-refractivity contribution is 5.80. The second-order valence-corrected chi connectivity index (χ2v) is 3.57. The number of carbonyl (C=O) groups is 1. The maximum absolute atomic E-state index is 11.3. The third kappa shape index (κ3) is 6.60. The molecule has 15 heavy (non-hydrogen) atoms. The molecule has 0 rings (SSSR count). The fourth-order valence-electron chi connectivity index (χ4n) is 1.22. The van der Waals surface area contributed by atoms with Gasteiger partial charge in [-0.1, -0.05) is 20.3 Å². The number of unbranched alkanes of at least 4 members (excludes halogenated alkanes) is 1. The molecule has 0 aliphatic heterocycles. The van der Waals surface area contributed by atoms with E-state index in [0.29, 0.717) is 19.4 Å². The maximum Gasteiger partial charge on any atom is 0.224 e. The minimum Gasteiger partial charge on any atom is -0.353 e. The maximum atomic E-state index is 11.3. The summed E-state index contributed by atoms with van der Waals surface area (Å²) >= 11 is 0. The molecule has 0 aliphatic rings. The van der Waals surface area contributed by atoms with Crippen molar-refractivity contribution in [1.29, 1.82) is 0 Å². The summed E-state index contributed by atoms with van der Waals surface area (Å²) < 4.78 is 5.13. The Kier molecular flexibility index (Phi) is 7.56. The molecule has 4 nitrogen and oxygen atoms in total. The number of hydrogen-bond acceptors (Lipinski definition) is 4. The van der Waals surface area contributed by atoms with Crippen LogP contribution in [0.2, 0.25) is 0 Å². The molecule has 90 valence electrons. The third-order valence-corrected chi connectivity index (χ3v) is 2.23. The van der Waals surface area contributed by atoms with Crippen molar-refractivity contribution >= 4 is 5.78 Å².